The van der Waals surface area contributed by atoms with Crippen molar-refractivity contribution in [2.24, 2.45) is 5.16 Å². The van der Waals surface area contributed by atoms with Gasteiger partial charge in [0, 0.05) is 18.0 Å². The van der Waals surface area contributed by atoms with Gasteiger partial charge in [0.25, 0.3) is 0 Å². The average molecular weight is 332 g/mol. The number of H-pyrrole nitrogens is 1. The van der Waals surface area contributed by atoms with Gasteiger partial charge >= 0.3 is 5.97 Å². The number of aliphatic hydroxyl groups excluding tert-OH is 1. The van der Waals surface area contributed by atoms with Crippen LogP contribution in [0.4, 0.5) is 0 Å². The number of para-hydroxylation sites is 1. The summed E-state index contributed by atoms with van der Waals surface area (Å²) in [6.07, 6.45) is 5.06. The Morgan fingerprint density at radius 2 is 2.21 bits per heavy atom. The highest BCUT2D eigenvalue weighted by Crippen LogP contribution is 2.24. The maximum atomic E-state index is 11.5. The highest BCUT2D eigenvalue weighted by molar-refractivity contribution is 6.37. The number of rotatable bonds is 6. The van der Waals surface area contributed by atoms with E-state index < -0.39 is 11.6 Å². The molecule has 0 aliphatic heterocycles. The summed E-state index contributed by atoms with van der Waals surface area (Å²) in [5, 5.41) is 31.8. The van der Waals surface area contributed by atoms with E-state index in [9.17, 15) is 9.90 Å². The fraction of sp³-hybridized carbons (Fsp3) is 0.294. The zero-order valence-corrected chi connectivity index (χ0v) is 13.5. The minimum atomic E-state index is -1.31. The molecule has 0 saturated carbocycles. The number of benzene rings is 1. The monoisotopic (exact) mass is 332 g/mol. The van der Waals surface area contributed by atoms with Crippen LogP contribution in [0.1, 0.15) is 18.1 Å². The molecule has 0 radical (unpaired) electrons. The molecule has 7 nitrogen and oxygen atoms in total. The van der Waals surface area contributed by atoms with E-state index in [-0.39, 0.29) is 18.7 Å². The second-order valence-electron chi connectivity index (χ2n) is 5.65. The van der Waals surface area contributed by atoms with Crippen molar-refractivity contribution in [3.05, 3.63) is 41.6 Å². The first-order chi connectivity index (χ1) is 11.4. The van der Waals surface area contributed by atoms with Gasteiger partial charge in [0.15, 0.2) is 5.71 Å². The standard InChI is InChI=1S/C17H20N2O5/c1-17(22,10-20)7-6-11-4-3-5-13-12(9-18-15(11)13)8-14(19-23)16(21)24-2/h3-7,9,18,20,22-23H,8,10H2,1-2H3/b7-6+,19-14-/t17-/m1/s1. The Balaban J connectivity index is 2.37. The molecule has 24 heavy (non-hydrogen) atoms. The first-order valence-corrected chi connectivity index (χ1v) is 7.32. The number of hydrogen-bond donors (Lipinski definition) is 4. The van der Waals surface area contributed by atoms with Crippen LogP contribution in [0.5, 0.6) is 0 Å². The van der Waals surface area contributed by atoms with Gasteiger partial charge in [-0.1, -0.05) is 35.5 Å². The molecule has 0 amide bonds. The lowest BCUT2D eigenvalue weighted by molar-refractivity contribution is -0.133. The number of esters is 1. The third-order valence-corrected chi connectivity index (χ3v) is 3.68. The number of methoxy groups -OCH3 is 1. The van der Waals surface area contributed by atoms with Crippen LogP contribution in [0.3, 0.4) is 0 Å². The summed E-state index contributed by atoms with van der Waals surface area (Å²) >= 11 is 0. The molecule has 0 fully saturated rings. The number of oxime groups is 1. The van der Waals surface area contributed by atoms with Gasteiger partial charge in [-0.05, 0) is 18.1 Å². The molecular weight excluding hydrogens is 312 g/mol. The number of carbonyl (C=O) groups is 1. The van der Waals surface area contributed by atoms with Crippen molar-refractivity contribution in [1.29, 1.82) is 0 Å². The Kier molecular flexibility index (Phi) is 5.38. The van der Waals surface area contributed by atoms with Crippen LogP contribution in [0.2, 0.25) is 0 Å². The van der Waals surface area contributed by atoms with Gasteiger partial charge in [0.2, 0.25) is 0 Å². The van der Waals surface area contributed by atoms with Gasteiger partial charge in [-0.3, -0.25) is 0 Å². The number of nitrogens with zero attached hydrogens (tertiary/aromatic N) is 1. The van der Waals surface area contributed by atoms with Gasteiger partial charge < -0.3 is 25.1 Å². The number of carbonyl (C=O) groups excluding carboxylic acids is 1. The van der Waals surface area contributed by atoms with Crippen molar-refractivity contribution in [3.8, 4) is 0 Å². The average Bonchev–Trinajstić information content (AvgIpc) is 3.00. The third kappa shape index (κ3) is 3.81. The second kappa shape index (κ2) is 7.29. The van der Waals surface area contributed by atoms with E-state index in [1.807, 2.05) is 18.2 Å². The summed E-state index contributed by atoms with van der Waals surface area (Å²) in [4.78, 5) is 14.6. The maximum Gasteiger partial charge on any atom is 0.356 e. The van der Waals surface area contributed by atoms with Crippen LogP contribution in [-0.4, -0.2) is 51.4 Å². The lowest BCUT2D eigenvalue weighted by atomic mass is 10.0. The largest absolute Gasteiger partial charge is 0.464 e. The molecular formula is C17H20N2O5. The zero-order valence-electron chi connectivity index (χ0n) is 13.5. The zero-order chi connectivity index (χ0) is 17.7. The van der Waals surface area contributed by atoms with Crippen molar-refractivity contribution in [2.75, 3.05) is 13.7 Å². The molecule has 2 aromatic rings. The van der Waals surface area contributed by atoms with Crippen molar-refractivity contribution >= 4 is 28.7 Å². The van der Waals surface area contributed by atoms with Crippen LogP contribution in [0, 0.1) is 0 Å². The minimum absolute atomic E-state index is 0.0949. The molecule has 0 bridgehead atoms. The number of ether oxygens (including phenoxy) is 1. The number of aliphatic hydroxyl groups is 2. The molecule has 4 N–H and O–H groups in total. The summed E-state index contributed by atoms with van der Waals surface area (Å²) < 4.78 is 4.57. The molecule has 2 rings (SSSR count). The van der Waals surface area contributed by atoms with Crippen LogP contribution in [-0.2, 0) is 16.0 Å². The summed E-state index contributed by atoms with van der Waals surface area (Å²) in [6.45, 7) is 1.12. The van der Waals surface area contributed by atoms with E-state index in [4.69, 9.17) is 10.3 Å². The molecule has 1 aromatic carbocycles. The molecule has 1 heterocycles. The highest BCUT2D eigenvalue weighted by atomic mass is 16.5. The van der Waals surface area contributed by atoms with Crippen molar-refractivity contribution < 1.29 is 25.0 Å². The Morgan fingerprint density at radius 1 is 1.46 bits per heavy atom. The van der Waals surface area contributed by atoms with Crippen LogP contribution in [0.15, 0.2) is 35.6 Å². The molecule has 0 aliphatic rings. The van der Waals surface area contributed by atoms with Crippen molar-refractivity contribution in [2.45, 2.75) is 18.9 Å². The predicted octanol–water partition coefficient (Wildman–Crippen LogP) is 1.47. The van der Waals surface area contributed by atoms with E-state index in [0.29, 0.717) is 0 Å². The molecule has 128 valence electrons. The smallest absolute Gasteiger partial charge is 0.356 e. The Labute approximate surface area is 138 Å². The molecule has 1 atom stereocenters. The van der Waals surface area contributed by atoms with Crippen LogP contribution in [0.25, 0.3) is 17.0 Å². The topological polar surface area (TPSA) is 115 Å². The number of nitrogens with one attached hydrogen (secondary N) is 1. The van der Waals surface area contributed by atoms with Crippen LogP contribution >= 0.6 is 0 Å². The van der Waals surface area contributed by atoms with E-state index in [1.54, 1.807) is 12.3 Å². The summed E-state index contributed by atoms with van der Waals surface area (Å²) in [6, 6.07) is 5.56. The summed E-state index contributed by atoms with van der Waals surface area (Å²) in [5.74, 6) is -0.693. The normalized spacial score (nSPS) is 14.9. The SMILES string of the molecule is COC(=O)/C(Cc1c[nH]c2c(/C=C/[C@@](C)(O)CO)cccc12)=N\O. The Hall–Kier alpha value is -2.64. The highest BCUT2D eigenvalue weighted by Gasteiger charge is 2.17. The predicted molar refractivity (Wildman–Crippen MR) is 90.0 cm³/mol. The lowest BCUT2D eigenvalue weighted by Gasteiger charge is -2.14. The van der Waals surface area contributed by atoms with Crippen molar-refractivity contribution in [1.82, 2.24) is 4.98 Å². The van der Waals surface area contributed by atoms with Crippen molar-refractivity contribution in [3.63, 3.8) is 0 Å². The molecule has 0 unspecified atom stereocenters. The lowest BCUT2D eigenvalue weighted by Crippen LogP contribution is -2.25. The van der Waals surface area contributed by atoms with E-state index in [1.165, 1.54) is 20.1 Å². The van der Waals surface area contributed by atoms with Gasteiger partial charge in [-0.2, -0.15) is 0 Å². The van der Waals surface area contributed by atoms with Gasteiger partial charge in [-0.15, -0.1) is 0 Å². The minimum Gasteiger partial charge on any atom is -0.464 e. The molecule has 0 saturated heterocycles. The summed E-state index contributed by atoms with van der Waals surface area (Å²) in [7, 11) is 1.22. The first kappa shape index (κ1) is 17.7. The summed E-state index contributed by atoms with van der Waals surface area (Å²) in [5.41, 5.74) is 0.988. The molecule has 1 aromatic heterocycles. The van der Waals surface area contributed by atoms with E-state index in [0.717, 1.165) is 22.0 Å². The number of aromatic nitrogens is 1. The van der Waals surface area contributed by atoms with Gasteiger partial charge in [0.1, 0.15) is 5.60 Å². The van der Waals surface area contributed by atoms with E-state index >= 15 is 0 Å². The quantitative estimate of drug-likeness (QED) is 0.277. The first-order valence-electron chi connectivity index (χ1n) is 7.32. The number of hydrogen-bond acceptors (Lipinski definition) is 6. The Bertz CT molecular complexity index is 789. The molecule has 0 spiro atoms. The maximum absolute atomic E-state index is 11.5. The van der Waals surface area contributed by atoms with E-state index in [2.05, 4.69) is 14.9 Å². The third-order valence-electron chi connectivity index (χ3n) is 3.68. The fourth-order valence-corrected chi connectivity index (χ4v) is 2.29. The van der Waals surface area contributed by atoms with Gasteiger partial charge in [-0.25, -0.2) is 4.79 Å². The van der Waals surface area contributed by atoms with Crippen LogP contribution < -0.4 is 0 Å². The number of aromatic amines is 1. The second-order valence-corrected chi connectivity index (χ2v) is 5.65. The molecule has 0 aliphatic carbocycles. The Morgan fingerprint density at radius 3 is 2.83 bits per heavy atom. The number of fused-ring (bicyclic) bond motifs is 1. The van der Waals surface area contributed by atoms with Gasteiger partial charge in [0.05, 0.1) is 19.2 Å². The fourth-order valence-electron chi connectivity index (χ4n) is 2.29. The molecule has 7 heteroatoms.